The van der Waals surface area contributed by atoms with Crippen molar-refractivity contribution in [3.63, 3.8) is 0 Å². The van der Waals surface area contributed by atoms with Crippen molar-refractivity contribution in [1.29, 1.82) is 0 Å². The number of aromatic amines is 1. The predicted octanol–water partition coefficient (Wildman–Crippen LogP) is 1.53. The SMILES string of the molecule is CCCCN(C(=O)COC(=O)c1cccc(OC)c1)c1c(N)n(CCC)c(=O)[nH]c1=O. The summed E-state index contributed by atoms with van der Waals surface area (Å²) in [6, 6.07) is 6.33. The number of rotatable bonds is 10. The Morgan fingerprint density at radius 3 is 2.58 bits per heavy atom. The number of hydrogen-bond donors (Lipinski definition) is 2. The van der Waals surface area contributed by atoms with Gasteiger partial charge in [-0.2, -0.15) is 0 Å². The maximum Gasteiger partial charge on any atom is 0.338 e. The van der Waals surface area contributed by atoms with Crippen LogP contribution >= 0.6 is 0 Å². The molecular formula is C21H28N4O6. The molecule has 10 nitrogen and oxygen atoms in total. The number of nitrogens with zero attached hydrogens (tertiary/aromatic N) is 2. The van der Waals surface area contributed by atoms with Crippen molar-refractivity contribution in [3.05, 3.63) is 50.7 Å². The third-order valence-corrected chi connectivity index (χ3v) is 4.60. The number of methoxy groups -OCH3 is 1. The molecular weight excluding hydrogens is 404 g/mol. The second-order valence-corrected chi connectivity index (χ2v) is 6.85. The Bertz CT molecular complexity index is 1040. The highest BCUT2D eigenvalue weighted by Crippen LogP contribution is 2.19. The van der Waals surface area contributed by atoms with E-state index in [1.807, 2.05) is 13.8 Å². The molecule has 2 aromatic rings. The quantitative estimate of drug-likeness (QED) is 0.543. The number of nitrogens with one attached hydrogen (secondary N) is 1. The smallest absolute Gasteiger partial charge is 0.338 e. The molecule has 0 aliphatic carbocycles. The first-order valence-electron chi connectivity index (χ1n) is 10.1. The van der Waals surface area contributed by atoms with Crippen LogP contribution in [0.3, 0.4) is 0 Å². The van der Waals surface area contributed by atoms with E-state index in [2.05, 4.69) is 4.98 Å². The van der Waals surface area contributed by atoms with Gasteiger partial charge in [-0.3, -0.25) is 19.1 Å². The summed E-state index contributed by atoms with van der Waals surface area (Å²) < 4.78 is 11.4. The van der Waals surface area contributed by atoms with Gasteiger partial charge in [0.15, 0.2) is 12.3 Å². The molecule has 10 heteroatoms. The second kappa shape index (κ2) is 11.0. The topological polar surface area (TPSA) is 137 Å². The molecule has 0 fully saturated rings. The van der Waals surface area contributed by atoms with Crippen molar-refractivity contribution in [2.45, 2.75) is 39.7 Å². The van der Waals surface area contributed by atoms with Crippen LogP contribution in [0.5, 0.6) is 5.75 Å². The van der Waals surface area contributed by atoms with Crippen LogP contribution in [-0.4, -0.2) is 41.7 Å². The zero-order valence-corrected chi connectivity index (χ0v) is 18.0. The zero-order valence-electron chi connectivity index (χ0n) is 18.0. The van der Waals surface area contributed by atoms with Gasteiger partial charge < -0.3 is 20.1 Å². The van der Waals surface area contributed by atoms with Crippen molar-refractivity contribution >= 4 is 23.4 Å². The Balaban J connectivity index is 2.29. The third-order valence-electron chi connectivity index (χ3n) is 4.60. The summed E-state index contributed by atoms with van der Waals surface area (Å²) >= 11 is 0. The van der Waals surface area contributed by atoms with Gasteiger partial charge in [0.2, 0.25) is 0 Å². The minimum Gasteiger partial charge on any atom is -0.497 e. The van der Waals surface area contributed by atoms with Gasteiger partial charge in [-0.25, -0.2) is 9.59 Å². The van der Waals surface area contributed by atoms with E-state index in [0.29, 0.717) is 18.6 Å². The molecule has 2 rings (SSSR count). The largest absolute Gasteiger partial charge is 0.497 e. The molecule has 1 aromatic carbocycles. The molecule has 3 N–H and O–H groups in total. The lowest BCUT2D eigenvalue weighted by molar-refractivity contribution is -0.121. The van der Waals surface area contributed by atoms with E-state index >= 15 is 0 Å². The number of H-pyrrole nitrogens is 1. The van der Waals surface area contributed by atoms with E-state index < -0.39 is 29.7 Å². The number of hydrogen-bond acceptors (Lipinski definition) is 7. The number of nitrogens with two attached hydrogens (primary N) is 1. The molecule has 0 atom stereocenters. The molecule has 0 radical (unpaired) electrons. The summed E-state index contributed by atoms with van der Waals surface area (Å²) in [7, 11) is 1.47. The summed E-state index contributed by atoms with van der Waals surface area (Å²) in [5.74, 6) is -0.953. The van der Waals surface area contributed by atoms with Crippen LogP contribution in [0.2, 0.25) is 0 Å². The summed E-state index contributed by atoms with van der Waals surface area (Å²) in [4.78, 5) is 53.2. The van der Waals surface area contributed by atoms with Crippen LogP contribution in [0.15, 0.2) is 33.9 Å². The molecule has 0 unspecified atom stereocenters. The number of benzene rings is 1. The number of nitrogen functional groups attached to an aromatic ring is 1. The van der Waals surface area contributed by atoms with E-state index in [9.17, 15) is 19.2 Å². The number of aromatic nitrogens is 2. The van der Waals surface area contributed by atoms with Gasteiger partial charge >= 0.3 is 11.7 Å². The van der Waals surface area contributed by atoms with Crippen LogP contribution in [-0.2, 0) is 16.1 Å². The monoisotopic (exact) mass is 432 g/mol. The van der Waals surface area contributed by atoms with Gasteiger partial charge in [0, 0.05) is 13.1 Å². The highest BCUT2D eigenvalue weighted by atomic mass is 16.5. The lowest BCUT2D eigenvalue weighted by Gasteiger charge is -2.24. The van der Waals surface area contributed by atoms with Gasteiger partial charge in [-0.1, -0.05) is 26.3 Å². The van der Waals surface area contributed by atoms with E-state index in [1.54, 1.807) is 12.1 Å². The molecule has 1 aromatic heterocycles. The zero-order chi connectivity index (χ0) is 23.0. The van der Waals surface area contributed by atoms with Gasteiger partial charge in [0.25, 0.3) is 11.5 Å². The molecule has 0 saturated carbocycles. The average molecular weight is 432 g/mol. The number of carbonyl (C=O) groups excluding carboxylic acids is 2. The number of amides is 1. The first kappa shape index (κ1) is 23.7. The van der Waals surface area contributed by atoms with Crippen molar-refractivity contribution in [2.75, 3.05) is 30.9 Å². The van der Waals surface area contributed by atoms with E-state index in [0.717, 1.165) is 6.42 Å². The fourth-order valence-corrected chi connectivity index (χ4v) is 3.00. The second-order valence-electron chi connectivity index (χ2n) is 6.85. The van der Waals surface area contributed by atoms with Crippen LogP contribution in [0.1, 0.15) is 43.5 Å². The molecule has 0 saturated heterocycles. The molecule has 1 amide bonds. The number of carbonyl (C=O) groups is 2. The van der Waals surface area contributed by atoms with Crippen molar-refractivity contribution in [1.82, 2.24) is 9.55 Å². The Hall–Kier alpha value is -3.56. The van der Waals surface area contributed by atoms with E-state index in [4.69, 9.17) is 15.2 Å². The van der Waals surface area contributed by atoms with E-state index in [-0.39, 0.29) is 30.2 Å². The molecule has 0 aliphatic heterocycles. The third kappa shape index (κ3) is 5.74. The van der Waals surface area contributed by atoms with Crippen LogP contribution < -0.4 is 26.6 Å². The minimum absolute atomic E-state index is 0.0980. The van der Waals surface area contributed by atoms with Crippen molar-refractivity contribution in [2.24, 2.45) is 0 Å². The Kier molecular flexibility index (Phi) is 8.42. The maximum atomic E-state index is 12.9. The van der Waals surface area contributed by atoms with Crippen LogP contribution in [0.25, 0.3) is 0 Å². The van der Waals surface area contributed by atoms with Crippen molar-refractivity contribution < 1.29 is 19.1 Å². The predicted molar refractivity (Wildman–Crippen MR) is 117 cm³/mol. The van der Waals surface area contributed by atoms with Gasteiger partial charge in [-0.05, 0) is 31.0 Å². The molecule has 0 bridgehead atoms. The highest BCUT2D eigenvalue weighted by Gasteiger charge is 2.25. The Labute approximate surface area is 179 Å². The Morgan fingerprint density at radius 2 is 1.94 bits per heavy atom. The highest BCUT2D eigenvalue weighted by molar-refractivity contribution is 5.98. The van der Waals surface area contributed by atoms with Crippen LogP contribution in [0.4, 0.5) is 11.5 Å². The lowest BCUT2D eigenvalue weighted by atomic mass is 10.2. The number of ether oxygens (including phenoxy) is 2. The summed E-state index contributed by atoms with van der Waals surface area (Å²) in [6.45, 7) is 3.66. The Morgan fingerprint density at radius 1 is 1.19 bits per heavy atom. The van der Waals surface area contributed by atoms with Gasteiger partial charge in [0.05, 0.1) is 12.7 Å². The average Bonchev–Trinajstić information content (AvgIpc) is 2.76. The molecule has 0 spiro atoms. The molecule has 31 heavy (non-hydrogen) atoms. The summed E-state index contributed by atoms with van der Waals surface area (Å²) in [5, 5.41) is 0. The lowest BCUT2D eigenvalue weighted by Crippen LogP contribution is -2.43. The first-order valence-corrected chi connectivity index (χ1v) is 10.1. The van der Waals surface area contributed by atoms with Crippen molar-refractivity contribution in [3.8, 4) is 5.75 Å². The maximum absolute atomic E-state index is 12.9. The number of unbranched alkanes of at least 4 members (excludes halogenated alkanes) is 1. The standard InChI is InChI=1S/C21H28N4O6/c1-4-6-11-24(17-18(22)25(10-5-2)21(29)23-19(17)27)16(26)13-31-20(28)14-8-7-9-15(12-14)30-3/h7-9,12H,4-6,10-11,13,22H2,1-3H3,(H,23,27,29). The van der Waals surface area contributed by atoms with Gasteiger partial charge in [-0.15, -0.1) is 0 Å². The molecule has 0 aliphatic rings. The van der Waals surface area contributed by atoms with Crippen LogP contribution in [0, 0.1) is 0 Å². The summed E-state index contributed by atoms with van der Waals surface area (Å²) in [5.41, 5.74) is 4.79. The first-order chi connectivity index (χ1) is 14.8. The molecule has 168 valence electrons. The van der Waals surface area contributed by atoms with E-state index in [1.165, 1.54) is 28.7 Å². The molecule has 1 heterocycles. The fourth-order valence-electron chi connectivity index (χ4n) is 3.00. The number of anilines is 2. The summed E-state index contributed by atoms with van der Waals surface area (Å²) in [6.07, 6.45) is 1.94. The number of esters is 1. The minimum atomic E-state index is -0.765. The normalized spacial score (nSPS) is 10.5. The van der Waals surface area contributed by atoms with Gasteiger partial charge in [0.1, 0.15) is 11.6 Å². The fraction of sp³-hybridized carbons (Fsp3) is 0.429.